The Kier molecular flexibility index (Phi) is 4.78. The topological polar surface area (TPSA) is 74.6 Å². The number of hydrogen-bond acceptors (Lipinski definition) is 3. The Morgan fingerprint density at radius 3 is 2.29 bits per heavy atom. The first kappa shape index (κ1) is 13.8. The minimum atomic E-state index is -0.962. The molecule has 0 spiro atoms. The van der Waals surface area contributed by atoms with Crippen LogP contribution in [0.1, 0.15) is 29.6 Å². The summed E-state index contributed by atoms with van der Waals surface area (Å²) in [6.07, 6.45) is 0.166. The fourth-order valence-corrected chi connectivity index (χ4v) is 1.62. The molecule has 0 atom stereocenters. The van der Waals surface area contributed by atoms with Crippen LogP contribution in [0.15, 0.2) is 12.1 Å². The van der Waals surface area contributed by atoms with Crippen LogP contribution >= 0.6 is 23.2 Å². The van der Waals surface area contributed by atoms with E-state index in [2.05, 4.69) is 0 Å². The molecule has 2 N–H and O–H groups in total. The minimum Gasteiger partial charge on any atom is -0.507 e. The lowest BCUT2D eigenvalue weighted by Gasteiger charge is -2.05. The second kappa shape index (κ2) is 5.89. The predicted molar refractivity (Wildman–Crippen MR) is 63.9 cm³/mol. The number of benzene rings is 1. The van der Waals surface area contributed by atoms with Gasteiger partial charge in [-0.15, -0.1) is 0 Å². The SMILES string of the molecule is O=C(O)CCCC(=O)c1cc(Cl)c(Cl)cc1O. The third kappa shape index (κ3) is 3.91. The molecule has 1 aromatic rings. The Morgan fingerprint density at radius 2 is 1.71 bits per heavy atom. The first-order valence-electron chi connectivity index (χ1n) is 4.85. The van der Waals surface area contributed by atoms with Gasteiger partial charge >= 0.3 is 5.97 Å². The van der Waals surface area contributed by atoms with Gasteiger partial charge in [0.2, 0.25) is 0 Å². The Morgan fingerprint density at radius 1 is 1.12 bits per heavy atom. The van der Waals surface area contributed by atoms with Crippen LogP contribution in [0.25, 0.3) is 0 Å². The number of ketones is 1. The van der Waals surface area contributed by atoms with Crippen LogP contribution in [-0.2, 0) is 4.79 Å². The molecule has 0 bridgehead atoms. The molecule has 1 rings (SSSR count). The summed E-state index contributed by atoms with van der Waals surface area (Å²) in [6, 6.07) is 2.47. The molecule has 0 aliphatic rings. The second-order valence-electron chi connectivity index (χ2n) is 3.45. The summed E-state index contributed by atoms with van der Waals surface area (Å²) in [5.74, 6) is -1.57. The molecule has 0 radical (unpaired) electrons. The number of carboxylic acids is 1. The largest absolute Gasteiger partial charge is 0.507 e. The molecule has 1 aromatic carbocycles. The molecular weight excluding hydrogens is 267 g/mol. The summed E-state index contributed by atoms with van der Waals surface area (Å²) in [6.45, 7) is 0. The molecule has 0 amide bonds. The maximum atomic E-state index is 11.7. The van der Waals surface area contributed by atoms with E-state index in [0.29, 0.717) is 0 Å². The summed E-state index contributed by atoms with van der Waals surface area (Å²) in [5, 5.41) is 18.3. The number of carboxylic acid groups (broad SMARTS) is 1. The van der Waals surface area contributed by atoms with Crippen molar-refractivity contribution in [3.05, 3.63) is 27.7 Å². The molecule has 6 heteroatoms. The van der Waals surface area contributed by atoms with E-state index in [4.69, 9.17) is 28.3 Å². The van der Waals surface area contributed by atoms with Gasteiger partial charge in [-0.2, -0.15) is 0 Å². The summed E-state index contributed by atoms with van der Waals surface area (Å²) in [7, 11) is 0. The molecular formula is C11H10Cl2O4. The maximum Gasteiger partial charge on any atom is 0.303 e. The van der Waals surface area contributed by atoms with Crippen molar-refractivity contribution in [2.45, 2.75) is 19.3 Å². The van der Waals surface area contributed by atoms with Crippen LogP contribution in [0.4, 0.5) is 0 Å². The van der Waals surface area contributed by atoms with Crippen molar-refractivity contribution in [1.82, 2.24) is 0 Å². The molecule has 0 aromatic heterocycles. The number of phenols is 1. The highest BCUT2D eigenvalue weighted by atomic mass is 35.5. The molecule has 0 unspecified atom stereocenters. The zero-order valence-electron chi connectivity index (χ0n) is 8.74. The average molecular weight is 277 g/mol. The number of halogens is 2. The van der Waals surface area contributed by atoms with Crippen molar-refractivity contribution in [2.24, 2.45) is 0 Å². The number of Topliss-reactive ketones (excluding diaryl/α,β-unsaturated/α-hetero) is 1. The molecule has 92 valence electrons. The van der Waals surface area contributed by atoms with Crippen LogP contribution in [0.2, 0.25) is 10.0 Å². The highest BCUT2D eigenvalue weighted by molar-refractivity contribution is 6.42. The quantitative estimate of drug-likeness (QED) is 0.811. The van der Waals surface area contributed by atoms with Crippen LogP contribution in [-0.4, -0.2) is 22.0 Å². The van der Waals surface area contributed by atoms with Gasteiger partial charge < -0.3 is 10.2 Å². The fraction of sp³-hybridized carbons (Fsp3) is 0.273. The van der Waals surface area contributed by atoms with Gasteiger partial charge in [-0.25, -0.2) is 0 Å². The average Bonchev–Trinajstić information content (AvgIpc) is 2.22. The van der Waals surface area contributed by atoms with E-state index in [1.54, 1.807) is 0 Å². The zero-order chi connectivity index (χ0) is 13.0. The predicted octanol–water partition coefficient (Wildman–Crippen LogP) is 3.14. The maximum absolute atomic E-state index is 11.7. The van der Waals surface area contributed by atoms with Crippen molar-refractivity contribution in [2.75, 3.05) is 0 Å². The molecule has 0 saturated carbocycles. The van der Waals surface area contributed by atoms with Gasteiger partial charge in [0.05, 0.1) is 15.6 Å². The third-order valence-corrected chi connectivity index (χ3v) is 2.86. The molecule has 17 heavy (non-hydrogen) atoms. The molecule has 0 saturated heterocycles. The van der Waals surface area contributed by atoms with E-state index < -0.39 is 5.97 Å². The normalized spacial score (nSPS) is 10.2. The summed E-state index contributed by atoms with van der Waals surface area (Å²) < 4.78 is 0. The van der Waals surface area contributed by atoms with Crippen molar-refractivity contribution in [3.8, 4) is 5.75 Å². The molecule has 0 fully saturated rings. The number of aromatic hydroxyl groups is 1. The Balaban J connectivity index is 2.75. The molecule has 0 heterocycles. The smallest absolute Gasteiger partial charge is 0.303 e. The standard InChI is InChI=1S/C11H10Cl2O4/c12-7-4-6(10(15)5-8(7)13)9(14)2-1-3-11(16)17/h4-5,15H,1-3H2,(H,16,17). The van der Waals surface area contributed by atoms with E-state index in [1.807, 2.05) is 0 Å². The number of hydrogen-bond donors (Lipinski definition) is 2. The number of carbonyl (C=O) groups excluding carboxylic acids is 1. The van der Waals surface area contributed by atoms with Gasteiger partial charge in [0.15, 0.2) is 5.78 Å². The minimum absolute atomic E-state index is 0.0395. The fourth-order valence-electron chi connectivity index (χ4n) is 1.29. The lowest BCUT2D eigenvalue weighted by molar-refractivity contribution is -0.137. The van der Waals surface area contributed by atoms with E-state index in [-0.39, 0.29) is 46.4 Å². The van der Waals surface area contributed by atoms with Gasteiger partial charge in [-0.1, -0.05) is 23.2 Å². The van der Waals surface area contributed by atoms with Crippen LogP contribution < -0.4 is 0 Å². The monoisotopic (exact) mass is 276 g/mol. The van der Waals surface area contributed by atoms with Gasteiger partial charge in [-0.3, -0.25) is 9.59 Å². The van der Waals surface area contributed by atoms with E-state index >= 15 is 0 Å². The Labute approximate surface area is 108 Å². The third-order valence-electron chi connectivity index (χ3n) is 2.13. The number of rotatable bonds is 5. The Bertz CT molecular complexity index is 457. The van der Waals surface area contributed by atoms with Gasteiger partial charge in [0, 0.05) is 18.9 Å². The van der Waals surface area contributed by atoms with Crippen molar-refractivity contribution < 1.29 is 19.8 Å². The van der Waals surface area contributed by atoms with Crippen molar-refractivity contribution >= 4 is 35.0 Å². The second-order valence-corrected chi connectivity index (χ2v) is 4.27. The summed E-state index contributed by atoms with van der Waals surface area (Å²) >= 11 is 11.4. The lowest BCUT2D eigenvalue weighted by Crippen LogP contribution is -2.02. The highest BCUT2D eigenvalue weighted by Gasteiger charge is 2.14. The molecule has 4 nitrogen and oxygen atoms in total. The van der Waals surface area contributed by atoms with E-state index in [1.165, 1.54) is 12.1 Å². The van der Waals surface area contributed by atoms with Crippen molar-refractivity contribution in [3.63, 3.8) is 0 Å². The summed E-state index contributed by atoms with van der Waals surface area (Å²) in [5.41, 5.74) is 0.0600. The van der Waals surface area contributed by atoms with E-state index in [0.717, 1.165) is 0 Å². The van der Waals surface area contributed by atoms with Gasteiger partial charge in [-0.05, 0) is 12.5 Å². The summed E-state index contributed by atoms with van der Waals surface area (Å²) in [4.78, 5) is 21.9. The van der Waals surface area contributed by atoms with Crippen LogP contribution in [0.3, 0.4) is 0 Å². The van der Waals surface area contributed by atoms with Crippen molar-refractivity contribution in [1.29, 1.82) is 0 Å². The lowest BCUT2D eigenvalue weighted by atomic mass is 10.0. The molecule has 0 aliphatic carbocycles. The number of carbonyl (C=O) groups is 2. The number of phenolic OH excluding ortho intramolecular Hbond substituents is 1. The van der Waals surface area contributed by atoms with Crippen LogP contribution in [0.5, 0.6) is 5.75 Å². The highest BCUT2D eigenvalue weighted by Crippen LogP contribution is 2.30. The van der Waals surface area contributed by atoms with Gasteiger partial charge in [0.1, 0.15) is 5.75 Å². The first-order chi connectivity index (χ1) is 7.91. The first-order valence-corrected chi connectivity index (χ1v) is 5.60. The van der Waals surface area contributed by atoms with E-state index in [9.17, 15) is 14.7 Å². The molecule has 0 aliphatic heterocycles. The van der Waals surface area contributed by atoms with Crippen LogP contribution in [0, 0.1) is 0 Å². The zero-order valence-corrected chi connectivity index (χ0v) is 10.3. The van der Waals surface area contributed by atoms with Gasteiger partial charge in [0.25, 0.3) is 0 Å². The Hall–Kier alpha value is -1.26. The number of aliphatic carboxylic acids is 1.